The van der Waals surface area contributed by atoms with E-state index in [1.54, 1.807) is 0 Å². The van der Waals surface area contributed by atoms with Gasteiger partial charge < -0.3 is 5.11 Å². The van der Waals surface area contributed by atoms with Gasteiger partial charge in [0, 0.05) is 19.6 Å². The van der Waals surface area contributed by atoms with Crippen LogP contribution >= 0.6 is 42.5 Å². The lowest BCUT2D eigenvalue weighted by Gasteiger charge is -2.02. The van der Waals surface area contributed by atoms with Gasteiger partial charge in [0.25, 0.3) is 9.05 Å². The largest absolute Gasteiger partial charge is 0.506 e. The molecule has 1 N–H and O–H groups in total. The Morgan fingerprint density at radius 3 is 2.15 bits per heavy atom. The van der Waals surface area contributed by atoms with Gasteiger partial charge in [-0.25, -0.2) is 8.42 Å². The molecule has 72 valence electrons. The molecular weight excluding hydrogens is 347 g/mol. The minimum atomic E-state index is -3.90. The van der Waals surface area contributed by atoms with E-state index in [4.69, 9.17) is 10.7 Å². The fraction of sp³-hybridized carbons (Fsp3) is 0. The highest BCUT2D eigenvalue weighted by Gasteiger charge is 2.17. The van der Waals surface area contributed by atoms with Gasteiger partial charge >= 0.3 is 0 Å². The van der Waals surface area contributed by atoms with Crippen molar-refractivity contribution in [3.05, 3.63) is 21.1 Å². The van der Waals surface area contributed by atoms with Crippen LogP contribution in [0.2, 0.25) is 0 Å². The third-order valence-corrected chi connectivity index (χ3v) is 4.46. The molecule has 13 heavy (non-hydrogen) atoms. The van der Waals surface area contributed by atoms with Gasteiger partial charge in [-0.3, -0.25) is 0 Å². The van der Waals surface area contributed by atoms with Crippen molar-refractivity contribution in [3.63, 3.8) is 0 Å². The number of hydrogen-bond acceptors (Lipinski definition) is 3. The molecule has 1 rings (SSSR count). The molecule has 3 nitrogen and oxygen atoms in total. The maximum absolute atomic E-state index is 10.9. The molecule has 0 unspecified atom stereocenters. The van der Waals surface area contributed by atoms with Crippen LogP contribution < -0.4 is 0 Å². The minimum Gasteiger partial charge on any atom is -0.506 e. The predicted octanol–water partition coefficient (Wildman–Crippen LogP) is 2.84. The zero-order valence-corrected chi connectivity index (χ0v) is 10.7. The van der Waals surface area contributed by atoms with Gasteiger partial charge in [0.1, 0.15) is 10.6 Å². The SMILES string of the molecule is O=S(=O)(Cl)c1cc(Br)c(Br)cc1O. The lowest BCUT2D eigenvalue weighted by Crippen LogP contribution is -1.91. The van der Waals surface area contributed by atoms with Crippen molar-refractivity contribution >= 4 is 51.6 Å². The van der Waals surface area contributed by atoms with E-state index in [0.717, 1.165) is 0 Å². The molecule has 0 heterocycles. The Balaban J connectivity index is 3.50. The van der Waals surface area contributed by atoms with Gasteiger partial charge in [-0.05, 0) is 44.0 Å². The fourth-order valence-electron chi connectivity index (χ4n) is 0.713. The molecule has 1 aromatic carbocycles. The molecule has 0 spiro atoms. The molecule has 0 aliphatic heterocycles. The molecule has 0 amide bonds. The van der Waals surface area contributed by atoms with Crippen LogP contribution in [0.25, 0.3) is 0 Å². The maximum atomic E-state index is 10.9. The minimum absolute atomic E-state index is 0.316. The monoisotopic (exact) mass is 348 g/mol. The molecule has 0 bridgehead atoms. The van der Waals surface area contributed by atoms with E-state index < -0.39 is 9.05 Å². The van der Waals surface area contributed by atoms with Crippen molar-refractivity contribution in [2.75, 3.05) is 0 Å². The van der Waals surface area contributed by atoms with Crippen LogP contribution in [-0.4, -0.2) is 13.5 Å². The number of benzene rings is 1. The van der Waals surface area contributed by atoms with Crippen LogP contribution in [0.1, 0.15) is 0 Å². The Morgan fingerprint density at radius 1 is 1.23 bits per heavy atom. The van der Waals surface area contributed by atoms with Gasteiger partial charge in [0.15, 0.2) is 0 Å². The standard InChI is InChI=1S/C6H3Br2ClO3S/c7-3-1-5(10)6(2-4(3)8)13(9,11)12/h1-2,10H. The second-order valence-electron chi connectivity index (χ2n) is 2.17. The smallest absolute Gasteiger partial charge is 0.265 e. The quantitative estimate of drug-likeness (QED) is 0.793. The van der Waals surface area contributed by atoms with Gasteiger partial charge in [-0.15, -0.1) is 0 Å². The number of phenolic OH excluding ortho intramolecular Hbond substituents is 1. The molecule has 0 atom stereocenters. The van der Waals surface area contributed by atoms with Crippen molar-refractivity contribution < 1.29 is 13.5 Å². The summed E-state index contributed by atoms with van der Waals surface area (Å²) < 4.78 is 22.8. The second kappa shape index (κ2) is 3.76. The lowest BCUT2D eigenvalue weighted by atomic mass is 10.3. The summed E-state index contributed by atoms with van der Waals surface area (Å²) in [5, 5.41) is 9.24. The summed E-state index contributed by atoms with van der Waals surface area (Å²) in [5.41, 5.74) is 0. The highest BCUT2D eigenvalue weighted by Crippen LogP contribution is 2.34. The van der Waals surface area contributed by atoms with Crippen molar-refractivity contribution in [2.45, 2.75) is 4.90 Å². The van der Waals surface area contributed by atoms with Gasteiger partial charge in [0.05, 0.1) is 0 Å². The number of halogens is 3. The van der Waals surface area contributed by atoms with Crippen LogP contribution in [0.15, 0.2) is 26.0 Å². The summed E-state index contributed by atoms with van der Waals surface area (Å²) in [6.07, 6.45) is 0. The summed E-state index contributed by atoms with van der Waals surface area (Å²) in [6, 6.07) is 2.47. The number of hydrogen-bond donors (Lipinski definition) is 1. The van der Waals surface area contributed by atoms with E-state index in [2.05, 4.69) is 31.9 Å². The van der Waals surface area contributed by atoms with E-state index >= 15 is 0 Å². The van der Waals surface area contributed by atoms with Crippen LogP contribution in [-0.2, 0) is 9.05 Å². The zero-order chi connectivity index (χ0) is 10.2. The maximum Gasteiger partial charge on any atom is 0.265 e. The molecule has 0 aliphatic rings. The summed E-state index contributed by atoms with van der Waals surface area (Å²) in [7, 11) is 1.16. The molecule has 1 aromatic rings. The first kappa shape index (κ1) is 11.3. The molecule has 0 aliphatic carbocycles. The molecule has 0 saturated heterocycles. The van der Waals surface area contributed by atoms with E-state index in [1.165, 1.54) is 12.1 Å². The zero-order valence-electron chi connectivity index (χ0n) is 5.96. The predicted molar refractivity (Wildman–Crippen MR) is 56.5 cm³/mol. The van der Waals surface area contributed by atoms with E-state index in [9.17, 15) is 13.5 Å². The number of phenols is 1. The first-order chi connectivity index (χ1) is 5.82. The first-order valence-electron chi connectivity index (χ1n) is 2.95. The molecule has 0 aromatic heterocycles. The molecular formula is C6H3Br2ClO3S. The van der Waals surface area contributed by atoms with E-state index in [-0.39, 0.29) is 10.6 Å². The van der Waals surface area contributed by atoms with Gasteiger partial charge in [0.2, 0.25) is 0 Å². The van der Waals surface area contributed by atoms with Crippen LogP contribution in [0.4, 0.5) is 0 Å². The van der Waals surface area contributed by atoms with E-state index in [0.29, 0.717) is 8.95 Å². The number of aromatic hydroxyl groups is 1. The van der Waals surface area contributed by atoms with E-state index in [1.807, 2.05) is 0 Å². The van der Waals surface area contributed by atoms with Crippen LogP contribution in [0, 0.1) is 0 Å². The number of rotatable bonds is 1. The van der Waals surface area contributed by atoms with Crippen LogP contribution in [0.3, 0.4) is 0 Å². The molecule has 7 heteroatoms. The highest BCUT2D eigenvalue weighted by atomic mass is 79.9. The summed E-state index contributed by atoms with van der Waals surface area (Å²) in [6.45, 7) is 0. The first-order valence-corrected chi connectivity index (χ1v) is 6.84. The molecule has 0 radical (unpaired) electrons. The third kappa shape index (κ3) is 2.59. The lowest BCUT2D eigenvalue weighted by molar-refractivity contribution is 0.459. The second-order valence-corrected chi connectivity index (χ2v) is 6.41. The van der Waals surface area contributed by atoms with Crippen LogP contribution in [0.5, 0.6) is 5.75 Å². The summed E-state index contributed by atoms with van der Waals surface area (Å²) >= 11 is 6.19. The molecule has 0 saturated carbocycles. The van der Waals surface area contributed by atoms with Crippen molar-refractivity contribution in [1.82, 2.24) is 0 Å². The average molecular weight is 350 g/mol. The normalized spacial score (nSPS) is 11.6. The van der Waals surface area contributed by atoms with Crippen molar-refractivity contribution in [1.29, 1.82) is 0 Å². The van der Waals surface area contributed by atoms with Gasteiger partial charge in [-0.1, -0.05) is 0 Å². The Bertz CT molecular complexity index is 443. The Hall–Kier alpha value is 0.220. The third-order valence-electron chi connectivity index (χ3n) is 1.26. The summed E-state index contributed by atoms with van der Waals surface area (Å²) in [5.74, 6) is -0.384. The Labute approximate surface area is 96.4 Å². The highest BCUT2D eigenvalue weighted by molar-refractivity contribution is 9.13. The fourth-order valence-corrected chi connectivity index (χ4v) is 2.48. The van der Waals surface area contributed by atoms with Gasteiger partial charge in [-0.2, -0.15) is 0 Å². The summed E-state index contributed by atoms with van der Waals surface area (Å²) in [4.78, 5) is -0.316. The average Bonchev–Trinajstić information content (AvgIpc) is 1.94. The van der Waals surface area contributed by atoms with Crippen molar-refractivity contribution in [2.24, 2.45) is 0 Å². The Kier molecular flexibility index (Phi) is 3.27. The Morgan fingerprint density at radius 2 is 1.69 bits per heavy atom. The molecule has 0 fully saturated rings. The van der Waals surface area contributed by atoms with Crippen molar-refractivity contribution in [3.8, 4) is 5.75 Å². The topological polar surface area (TPSA) is 54.4 Å².